The quantitative estimate of drug-likeness (QED) is 0.889. The molecule has 0 saturated heterocycles. The van der Waals surface area contributed by atoms with Gasteiger partial charge in [-0.05, 0) is 38.0 Å². The first kappa shape index (κ1) is 17.5. The van der Waals surface area contributed by atoms with E-state index in [-0.39, 0.29) is 11.4 Å². The molecule has 0 spiro atoms. The molecule has 1 aromatic carbocycles. The predicted molar refractivity (Wildman–Crippen MR) is 88.3 cm³/mol. The van der Waals surface area contributed by atoms with E-state index in [1.807, 2.05) is 13.0 Å². The van der Waals surface area contributed by atoms with Crippen LogP contribution in [-0.2, 0) is 20.4 Å². The molecule has 1 aromatic heterocycles. The number of aromatic nitrogens is 1. The van der Waals surface area contributed by atoms with Gasteiger partial charge in [-0.15, -0.1) is 0 Å². The molecule has 1 amide bonds. The van der Waals surface area contributed by atoms with Crippen LogP contribution in [0.1, 0.15) is 22.6 Å². The summed E-state index contributed by atoms with van der Waals surface area (Å²) in [6, 6.07) is 5.08. The second kappa shape index (κ2) is 6.72. The Labute approximate surface area is 139 Å². The van der Waals surface area contributed by atoms with Gasteiger partial charge in [0.15, 0.2) is 9.84 Å². The number of hydrogen-bond donors (Lipinski definition) is 1. The van der Waals surface area contributed by atoms with E-state index in [0.717, 1.165) is 11.1 Å². The lowest BCUT2D eigenvalue weighted by atomic mass is 10.1. The third-order valence-electron chi connectivity index (χ3n) is 3.09. The van der Waals surface area contributed by atoms with Crippen LogP contribution in [-0.4, -0.2) is 25.2 Å². The van der Waals surface area contributed by atoms with Crippen LogP contribution in [0.2, 0.25) is 5.02 Å². The fourth-order valence-corrected chi connectivity index (χ4v) is 3.74. The van der Waals surface area contributed by atoms with E-state index >= 15 is 0 Å². The van der Waals surface area contributed by atoms with Gasteiger partial charge >= 0.3 is 0 Å². The molecule has 0 saturated carbocycles. The van der Waals surface area contributed by atoms with Gasteiger partial charge in [-0.3, -0.25) is 4.79 Å². The smallest absolute Gasteiger partial charge is 0.239 e. The van der Waals surface area contributed by atoms with Crippen molar-refractivity contribution in [2.45, 2.75) is 26.5 Å². The van der Waals surface area contributed by atoms with Crippen LogP contribution < -0.4 is 5.32 Å². The number of hydrogen-bond acceptors (Lipinski definition) is 5. The fourth-order valence-electron chi connectivity index (χ4n) is 2.21. The van der Waals surface area contributed by atoms with Gasteiger partial charge in [0.1, 0.15) is 11.5 Å². The SMILES string of the molecule is Cc1cc(C)c(NC(=O)CS(=O)(=O)Cc2cc(C)on2)c(Cl)c1. The summed E-state index contributed by atoms with van der Waals surface area (Å²) in [7, 11) is -3.65. The molecule has 0 unspecified atom stereocenters. The lowest BCUT2D eigenvalue weighted by molar-refractivity contribution is -0.113. The number of benzene rings is 1. The molecule has 2 aromatic rings. The third-order valence-corrected chi connectivity index (χ3v) is 4.83. The summed E-state index contributed by atoms with van der Waals surface area (Å²) in [6.07, 6.45) is 0. The minimum atomic E-state index is -3.65. The Balaban J connectivity index is 2.07. The number of halogens is 1. The van der Waals surface area contributed by atoms with Crippen LogP contribution >= 0.6 is 11.6 Å². The van der Waals surface area contributed by atoms with Gasteiger partial charge in [0.05, 0.1) is 22.2 Å². The number of aryl methyl sites for hydroxylation is 3. The molecule has 0 aliphatic rings. The monoisotopic (exact) mass is 356 g/mol. The van der Waals surface area contributed by atoms with Gasteiger partial charge in [0.2, 0.25) is 5.91 Å². The minimum Gasteiger partial charge on any atom is -0.361 e. The number of carbonyl (C=O) groups is 1. The maximum atomic E-state index is 12.1. The molecular weight excluding hydrogens is 340 g/mol. The topological polar surface area (TPSA) is 89.3 Å². The lowest BCUT2D eigenvalue weighted by Crippen LogP contribution is -2.24. The maximum Gasteiger partial charge on any atom is 0.239 e. The molecule has 2 rings (SSSR count). The molecule has 0 radical (unpaired) electrons. The van der Waals surface area contributed by atoms with Crippen LogP contribution in [0.4, 0.5) is 5.69 Å². The van der Waals surface area contributed by atoms with Crippen molar-refractivity contribution >= 4 is 33.0 Å². The molecule has 0 aliphatic carbocycles. The lowest BCUT2D eigenvalue weighted by Gasteiger charge is -2.11. The van der Waals surface area contributed by atoms with E-state index in [4.69, 9.17) is 16.1 Å². The van der Waals surface area contributed by atoms with Gasteiger partial charge in [0, 0.05) is 6.07 Å². The highest BCUT2D eigenvalue weighted by Gasteiger charge is 2.20. The summed E-state index contributed by atoms with van der Waals surface area (Å²) in [5, 5.41) is 6.56. The van der Waals surface area contributed by atoms with Crippen molar-refractivity contribution in [3.05, 3.63) is 45.8 Å². The Kier molecular flexibility index (Phi) is 5.11. The first-order valence-electron chi connectivity index (χ1n) is 6.85. The number of anilines is 1. The fraction of sp³-hybridized carbons (Fsp3) is 0.333. The Morgan fingerprint density at radius 2 is 1.96 bits per heavy atom. The number of amides is 1. The van der Waals surface area contributed by atoms with E-state index in [1.54, 1.807) is 19.9 Å². The zero-order valence-electron chi connectivity index (χ0n) is 13.0. The normalized spacial score (nSPS) is 11.5. The molecule has 0 atom stereocenters. The van der Waals surface area contributed by atoms with Crippen molar-refractivity contribution in [2.75, 3.05) is 11.1 Å². The molecule has 6 nitrogen and oxygen atoms in total. The van der Waals surface area contributed by atoms with E-state index in [2.05, 4.69) is 10.5 Å². The first-order valence-corrected chi connectivity index (χ1v) is 9.05. The van der Waals surface area contributed by atoms with Crippen LogP contribution in [0, 0.1) is 20.8 Å². The standard InChI is InChI=1S/C15H17ClN2O4S/c1-9-4-10(2)15(13(16)5-9)17-14(19)8-23(20,21)7-12-6-11(3)22-18-12/h4-6H,7-8H2,1-3H3,(H,17,19). The number of nitrogens with zero attached hydrogens (tertiary/aromatic N) is 1. The van der Waals surface area contributed by atoms with Crippen molar-refractivity contribution in [3.8, 4) is 0 Å². The average Bonchev–Trinajstić information content (AvgIpc) is 2.77. The highest BCUT2D eigenvalue weighted by Crippen LogP contribution is 2.27. The van der Waals surface area contributed by atoms with Crippen molar-refractivity contribution < 1.29 is 17.7 Å². The second-order valence-corrected chi connectivity index (χ2v) is 7.92. The number of nitrogens with one attached hydrogen (secondary N) is 1. The Morgan fingerprint density at radius 1 is 1.26 bits per heavy atom. The minimum absolute atomic E-state index is 0.278. The van der Waals surface area contributed by atoms with Gasteiger partial charge in [0.25, 0.3) is 0 Å². The van der Waals surface area contributed by atoms with Gasteiger partial charge in [-0.25, -0.2) is 8.42 Å². The van der Waals surface area contributed by atoms with Gasteiger partial charge in [-0.2, -0.15) is 0 Å². The van der Waals surface area contributed by atoms with Crippen LogP contribution in [0.25, 0.3) is 0 Å². The second-order valence-electron chi connectivity index (χ2n) is 5.45. The third kappa shape index (κ3) is 4.80. The van der Waals surface area contributed by atoms with Crippen LogP contribution in [0.5, 0.6) is 0 Å². The molecule has 0 aliphatic heterocycles. The van der Waals surface area contributed by atoms with Crippen molar-refractivity contribution in [3.63, 3.8) is 0 Å². The Morgan fingerprint density at radius 3 is 2.52 bits per heavy atom. The number of rotatable bonds is 5. The first-order chi connectivity index (χ1) is 10.7. The zero-order chi connectivity index (χ0) is 17.2. The summed E-state index contributed by atoms with van der Waals surface area (Å²) < 4.78 is 28.9. The van der Waals surface area contributed by atoms with Gasteiger partial charge in [-0.1, -0.05) is 22.8 Å². The van der Waals surface area contributed by atoms with E-state index < -0.39 is 21.5 Å². The Bertz CT molecular complexity index is 820. The molecule has 8 heteroatoms. The van der Waals surface area contributed by atoms with E-state index in [0.29, 0.717) is 16.5 Å². The van der Waals surface area contributed by atoms with Crippen molar-refractivity contribution in [1.29, 1.82) is 0 Å². The summed E-state index contributed by atoms with van der Waals surface area (Å²) in [6.45, 7) is 5.34. The van der Waals surface area contributed by atoms with E-state index in [1.165, 1.54) is 6.07 Å². The van der Waals surface area contributed by atoms with Crippen molar-refractivity contribution in [2.24, 2.45) is 0 Å². The summed E-state index contributed by atoms with van der Waals surface area (Å²) >= 11 is 6.10. The largest absolute Gasteiger partial charge is 0.361 e. The number of sulfone groups is 1. The van der Waals surface area contributed by atoms with Crippen molar-refractivity contribution in [1.82, 2.24) is 5.16 Å². The molecule has 23 heavy (non-hydrogen) atoms. The molecule has 1 heterocycles. The highest BCUT2D eigenvalue weighted by atomic mass is 35.5. The van der Waals surface area contributed by atoms with Crippen LogP contribution in [0.3, 0.4) is 0 Å². The van der Waals surface area contributed by atoms with E-state index in [9.17, 15) is 13.2 Å². The summed E-state index contributed by atoms with van der Waals surface area (Å²) in [5.41, 5.74) is 2.43. The predicted octanol–water partition coefficient (Wildman–Crippen LogP) is 2.81. The maximum absolute atomic E-state index is 12.1. The summed E-state index contributed by atoms with van der Waals surface area (Å²) in [5.74, 6) is -1.12. The highest BCUT2D eigenvalue weighted by molar-refractivity contribution is 7.91. The molecule has 1 N–H and O–H groups in total. The molecule has 124 valence electrons. The van der Waals surface area contributed by atoms with Crippen LogP contribution in [0.15, 0.2) is 22.7 Å². The average molecular weight is 357 g/mol. The van der Waals surface area contributed by atoms with Gasteiger partial charge < -0.3 is 9.84 Å². The Hall–Kier alpha value is -1.86. The zero-order valence-corrected chi connectivity index (χ0v) is 14.6. The molecule has 0 bridgehead atoms. The summed E-state index contributed by atoms with van der Waals surface area (Å²) in [4.78, 5) is 12.0. The molecular formula is C15H17ClN2O4S. The number of carbonyl (C=O) groups excluding carboxylic acids is 1. The molecule has 0 fully saturated rings.